The Labute approximate surface area is 208 Å². The van der Waals surface area contributed by atoms with Crippen molar-refractivity contribution in [2.45, 2.75) is 64.2 Å². The van der Waals surface area contributed by atoms with E-state index in [0.717, 1.165) is 16.5 Å². The molecule has 196 valence electrons. The van der Waals surface area contributed by atoms with Crippen LogP contribution in [0.3, 0.4) is 0 Å². The highest BCUT2D eigenvalue weighted by molar-refractivity contribution is 5.95. The fourth-order valence-corrected chi connectivity index (χ4v) is 3.69. The van der Waals surface area contributed by atoms with Crippen molar-refractivity contribution in [3.63, 3.8) is 0 Å². The molecule has 4 unspecified atom stereocenters. The Morgan fingerprint density at radius 2 is 1.58 bits per heavy atom. The molecule has 0 radical (unpaired) electrons. The summed E-state index contributed by atoms with van der Waals surface area (Å²) in [5, 5.41) is 17.4. The number of carbonyl (C=O) groups is 5. The summed E-state index contributed by atoms with van der Waals surface area (Å²) in [5.41, 5.74) is 12.9. The first-order valence-corrected chi connectivity index (χ1v) is 11.6. The summed E-state index contributed by atoms with van der Waals surface area (Å²) in [4.78, 5) is 63.5. The zero-order chi connectivity index (χ0) is 27.0. The van der Waals surface area contributed by atoms with Crippen LogP contribution in [-0.4, -0.2) is 63.9 Å². The standard InChI is InChI=1S/C24H34N6O6/c1-12(2)8-18(23(34)28-13(3)21(32)30-19(24(35)36)10-20(26)31)29-22(33)16(25)9-14-11-27-17-7-5-4-6-15(14)17/h4-7,11-13,16,18-19,27H,8-10,25H2,1-3H3,(H2,26,31)(H,28,34)(H,29,33)(H,30,32)(H,35,36). The first-order chi connectivity index (χ1) is 16.9. The SMILES string of the molecule is CC(C)CC(NC(=O)C(N)Cc1c[nH]c2ccccc12)C(=O)NC(C)C(=O)NC(CC(N)=O)C(=O)O. The van der Waals surface area contributed by atoms with Crippen LogP contribution in [0.15, 0.2) is 30.5 Å². The van der Waals surface area contributed by atoms with E-state index in [1.165, 1.54) is 6.92 Å². The van der Waals surface area contributed by atoms with E-state index in [0.29, 0.717) is 0 Å². The molecule has 4 atom stereocenters. The minimum Gasteiger partial charge on any atom is -0.480 e. The largest absolute Gasteiger partial charge is 0.480 e. The van der Waals surface area contributed by atoms with Gasteiger partial charge < -0.3 is 37.5 Å². The van der Waals surface area contributed by atoms with E-state index in [-0.39, 0.29) is 18.8 Å². The number of carboxylic acids is 1. The minimum atomic E-state index is -1.52. The number of para-hydroxylation sites is 1. The number of nitrogens with two attached hydrogens (primary N) is 2. The van der Waals surface area contributed by atoms with Gasteiger partial charge in [-0.15, -0.1) is 0 Å². The molecule has 0 aliphatic carbocycles. The number of hydrogen-bond donors (Lipinski definition) is 7. The van der Waals surface area contributed by atoms with Crippen LogP contribution in [-0.2, 0) is 30.4 Å². The molecule has 36 heavy (non-hydrogen) atoms. The molecule has 1 heterocycles. The molecule has 0 aliphatic heterocycles. The molecule has 12 nitrogen and oxygen atoms in total. The second kappa shape index (κ2) is 12.7. The Morgan fingerprint density at radius 1 is 0.944 bits per heavy atom. The van der Waals surface area contributed by atoms with Gasteiger partial charge >= 0.3 is 5.97 Å². The lowest BCUT2D eigenvalue weighted by Gasteiger charge is -2.24. The Morgan fingerprint density at radius 3 is 2.19 bits per heavy atom. The summed E-state index contributed by atoms with van der Waals surface area (Å²) in [6.07, 6.45) is 1.73. The molecule has 0 fully saturated rings. The maximum Gasteiger partial charge on any atom is 0.326 e. The molecule has 2 rings (SSSR count). The van der Waals surface area contributed by atoms with Gasteiger partial charge in [0.1, 0.15) is 18.1 Å². The van der Waals surface area contributed by atoms with Gasteiger partial charge in [-0.2, -0.15) is 0 Å². The number of carbonyl (C=O) groups excluding carboxylic acids is 4. The topological polar surface area (TPSA) is 209 Å². The lowest BCUT2D eigenvalue weighted by atomic mass is 10.0. The molecule has 12 heteroatoms. The second-order valence-corrected chi connectivity index (χ2v) is 9.16. The third-order valence-electron chi connectivity index (χ3n) is 5.56. The van der Waals surface area contributed by atoms with E-state index in [2.05, 4.69) is 20.9 Å². The fourth-order valence-electron chi connectivity index (χ4n) is 3.69. The van der Waals surface area contributed by atoms with Gasteiger partial charge in [0.15, 0.2) is 0 Å². The first kappa shape index (κ1) is 28.3. The number of aliphatic carboxylic acids is 1. The van der Waals surface area contributed by atoms with E-state index < -0.39 is 60.2 Å². The number of fused-ring (bicyclic) bond motifs is 1. The van der Waals surface area contributed by atoms with Crippen LogP contribution >= 0.6 is 0 Å². The van der Waals surface area contributed by atoms with Crippen molar-refractivity contribution in [1.29, 1.82) is 0 Å². The van der Waals surface area contributed by atoms with E-state index in [1.54, 1.807) is 6.20 Å². The number of primary amides is 1. The third kappa shape index (κ3) is 8.08. The number of nitrogens with one attached hydrogen (secondary N) is 4. The fraction of sp³-hybridized carbons (Fsp3) is 0.458. The normalized spacial score (nSPS) is 14.5. The van der Waals surface area contributed by atoms with Crippen molar-refractivity contribution < 1.29 is 29.1 Å². The second-order valence-electron chi connectivity index (χ2n) is 9.16. The summed E-state index contributed by atoms with van der Waals surface area (Å²) in [7, 11) is 0. The number of carboxylic acid groups (broad SMARTS) is 1. The molecule has 0 spiro atoms. The quantitative estimate of drug-likeness (QED) is 0.191. The van der Waals surface area contributed by atoms with Crippen LogP contribution < -0.4 is 27.4 Å². The van der Waals surface area contributed by atoms with Gasteiger partial charge in [0, 0.05) is 17.1 Å². The van der Waals surface area contributed by atoms with Crippen molar-refractivity contribution in [3.05, 3.63) is 36.0 Å². The van der Waals surface area contributed by atoms with E-state index in [1.807, 2.05) is 38.1 Å². The summed E-state index contributed by atoms with van der Waals surface area (Å²) in [6.45, 7) is 5.10. The van der Waals surface area contributed by atoms with Crippen molar-refractivity contribution >= 4 is 40.5 Å². The number of aromatic nitrogens is 1. The molecule has 9 N–H and O–H groups in total. The Balaban J connectivity index is 2.02. The van der Waals surface area contributed by atoms with Gasteiger partial charge in [-0.1, -0.05) is 32.0 Å². The van der Waals surface area contributed by atoms with Gasteiger partial charge in [0.2, 0.25) is 23.6 Å². The van der Waals surface area contributed by atoms with Gasteiger partial charge in [0.05, 0.1) is 12.5 Å². The molecule has 0 saturated carbocycles. The minimum absolute atomic E-state index is 0.0296. The van der Waals surface area contributed by atoms with Crippen LogP contribution in [0, 0.1) is 5.92 Å². The molecule has 1 aromatic heterocycles. The smallest absolute Gasteiger partial charge is 0.326 e. The highest BCUT2D eigenvalue weighted by atomic mass is 16.4. The van der Waals surface area contributed by atoms with Crippen molar-refractivity contribution in [2.75, 3.05) is 0 Å². The van der Waals surface area contributed by atoms with Gasteiger partial charge in [-0.25, -0.2) is 4.79 Å². The lowest BCUT2D eigenvalue weighted by Crippen LogP contribution is -2.57. The zero-order valence-corrected chi connectivity index (χ0v) is 20.5. The van der Waals surface area contributed by atoms with E-state index in [9.17, 15) is 24.0 Å². The van der Waals surface area contributed by atoms with Crippen molar-refractivity contribution in [1.82, 2.24) is 20.9 Å². The number of rotatable bonds is 13. The maximum atomic E-state index is 12.9. The van der Waals surface area contributed by atoms with Gasteiger partial charge in [-0.3, -0.25) is 19.2 Å². The highest BCUT2D eigenvalue weighted by Gasteiger charge is 2.29. The van der Waals surface area contributed by atoms with Crippen LogP contribution in [0.5, 0.6) is 0 Å². The highest BCUT2D eigenvalue weighted by Crippen LogP contribution is 2.19. The first-order valence-electron chi connectivity index (χ1n) is 11.6. The molecule has 0 saturated heterocycles. The Kier molecular flexibility index (Phi) is 9.97. The third-order valence-corrected chi connectivity index (χ3v) is 5.56. The number of amides is 4. The monoisotopic (exact) mass is 502 g/mol. The number of hydrogen-bond acceptors (Lipinski definition) is 6. The maximum absolute atomic E-state index is 12.9. The molecule has 2 aromatic rings. The lowest BCUT2D eigenvalue weighted by molar-refractivity contribution is -0.143. The van der Waals surface area contributed by atoms with Gasteiger partial charge in [-0.05, 0) is 37.3 Å². The summed E-state index contributed by atoms with van der Waals surface area (Å²) >= 11 is 0. The molecule has 0 aliphatic rings. The number of aromatic amines is 1. The molecule has 1 aromatic carbocycles. The average Bonchev–Trinajstić information content (AvgIpc) is 3.20. The summed E-state index contributed by atoms with van der Waals surface area (Å²) < 4.78 is 0. The van der Waals surface area contributed by atoms with Crippen LogP contribution in [0.25, 0.3) is 10.9 Å². The van der Waals surface area contributed by atoms with E-state index in [4.69, 9.17) is 16.6 Å². The predicted octanol–water partition coefficient (Wildman–Crippen LogP) is -0.482. The van der Waals surface area contributed by atoms with Crippen LogP contribution in [0.2, 0.25) is 0 Å². The molecular weight excluding hydrogens is 468 g/mol. The Bertz CT molecular complexity index is 1110. The molecule has 4 amide bonds. The number of benzene rings is 1. The summed E-state index contributed by atoms with van der Waals surface area (Å²) in [6, 6.07) is 3.06. The van der Waals surface area contributed by atoms with Crippen molar-refractivity contribution in [2.24, 2.45) is 17.4 Å². The van der Waals surface area contributed by atoms with Crippen LogP contribution in [0.4, 0.5) is 0 Å². The zero-order valence-electron chi connectivity index (χ0n) is 20.5. The Hall–Kier alpha value is -3.93. The molecule has 0 bridgehead atoms. The predicted molar refractivity (Wildman–Crippen MR) is 132 cm³/mol. The van der Waals surface area contributed by atoms with Crippen molar-refractivity contribution in [3.8, 4) is 0 Å². The average molecular weight is 503 g/mol. The van der Waals surface area contributed by atoms with Crippen LogP contribution in [0.1, 0.15) is 39.2 Å². The number of H-pyrrole nitrogens is 1. The molecular formula is C24H34N6O6. The van der Waals surface area contributed by atoms with E-state index >= 15 is 0 Å². The van der Waals surface area contributed by atoms with Gasteiger partial charge in [0.25, 0.3) is 0 Å². The summed E-state index contributed by atoms with van der Waals surface area (Å²) in [5.74, 6) is -4.27.